The van der Waals surface area contributed by atoms with Gasteiger partial charge < -0.3 is 24.6 Å². The van der Waals surface area contributed by atoms with Gasteiger partial charge in [-0.05, 0) is 64.2 Å². The van der Waals surface area contributed by atoms with Crippen molar-refractivity contribution in [2.45, 2.75) is 174 Å². The zero-order chi connectivity index (χ0) is 35.6. The summed E-state index contributed by atoms with van der Waals surface area (Å²) in [4.78, 5) is 34.8. The van der Waals surface area contributed by atoms with Crippen molar-refractivity contribution in [1.29, 1.82) is 0 Å². The van der Waals surface area contributed by atoms with E-state index < -0.39 is 51.8 Å². The molecule has 0 aromatic carbocycles. The highest BCUT2D eigenvalue weighted by atomic mass is 31.2. The number of carbonyl (C=O) groups excluding carboxylic acids is 2. The Morgan fingerprint density at radius 3 is 1.54 bits per heavy atom. The minimum atomic E-state index is -4.61. The Kier molecular flexibility index (Phi) is 32.8. The highest BCUT2D eigenvalue weighted by Gasteiger charge is 2.27. The van der Waals surface area contributed by atoms with Crippen molar-refractivity contribution >= 4 is 19.8 Å². The first-order chi connectivity index (χ1) is 23.2. The minimum Gasteiger partial charge on any atom is -0.462 e. The smallest absolute Gasteiger partial charge is 0.462 e. The van der Waals surface area contributed by atoms with E-state index >= 15 is 0 Å². The summed E-state index contributed by atoms with van der Waals surface area (Å²) < 4.78 is 32.5. The van der Waals surface area contributed by atoms with Gasteiger partial charge in [0.15, 0.2) is 6.10 Å². The normalized spacial score (nSPS) is 14.4. The molecular formula is C37H69O10P. The second kappa shape index (κ2) is 33.9. The summed E-state index contributed by atoms with van der Waals surface area (Å²) in [6.45, 7) is 2.30. The van der Waals surface area contributed by atoms with Crippen LogP contribution in [-0.4, -0.2) is 65.7 Å². The summed E-state index contributed by atoms with van der Waals surface area (Å²) in [5.74, 6) is -0.947. The van der Waals surface area contributed by atoms with E-state index in [1.54, 1.807) is 0 Å². The Morgan fingerprint density at radius 1 is 0.604 bits per heavy atom. The van der Waals surface area contributed by atoms with E-state index in [0.29, 0.717) is 12.8 Å². The molecule has 0 aromatic heterocycles. The maximum atomic E-state index is 12.5. The molecule has 10 nitrogen and oxygen atoms in total. The fourth-order valence-electron chi connectivity index (χ4n) is 4.86. The van der Waals surface area contributed by atoms with Crippen molar-refractivity contribution < 1.29 is 47.8 Å². The van der Waals surface area contributed by atoms with Crippen molar-refractivity contribution in [3.05, 3.63) is 24.3 Å². The SMILES string of the molecule is CCCCC/C=C\CCCCCCCC(=O)OCC(COP(=O)(O)OCC(O)CO)OC(=O)CCCCCCC/C=C\CCCCCC. The zero-order valence-corrected chi connectivity index (χ0v) is 31.1. The van der Waals surface area contributed by atoms with Gasteiger partial charge in [0.05, 0.1) is 19.8 Å². The van der Waals surface area contributed by atoms with Crippen LogP contribution in [0.2, 0.25) is 0 Å². The highest BCUT2D eigenvalue weighted by Crippen LogP contribution is 2.43. The fourth-order valence-corrected chi connectivity index (χ4v) is 5.65. The molecule has 0 aliphatic heterocycles. The van der Waals surface area contributed by atoms with Gasteiger partial charge in [0.1, 0.15) is 12.7 Å². The van der Waals surface area contributed by atoms with Crippen LogP contribution >= 0.6 is 7.82 Å². The van der Waals surface area contributed by atoms with E-state index in [2.05, 4.69) is 42.7 Å². The average molecular weight is 705 g/mol. The maximum Gasteiger partial charge on any atom is 0.472 e. The van der Waals surface area contributed by atoms with Gasteiger partial charge in [0.2, 0.25) is 0 Å². The average Bonchev–Trinajstić information content (AvgIpc) is 3.07. The van der Waals surface area contributed by atoms with Gasteiger partial charge in [-0.3, -0.25) is 18.6 Å². The van der Waals surface area contributed by atoms with Gasteiger partial charge in [0.25, 0.3) is 0 Å². The molecule has 0 saturated heterocycles. The van der Waals surface area contributed by atoms with E-state index in [1.807, 2.05) is 0 Å². The summed E-state index contributed by atoms with van der Waals surface area (Å²) in [6, 6.07) is 0. The van der Waals surface area contributed by atoms with Gasteiger partial charge in [-0.15, -0.1) is 0 Å². The number of rotatable bonds is 35. The molecule has 0 radical (unpaired) electrons. The third-order valence-electron chi connectivity index (χ3n) is 7.83. The molecule has 0 spiro atoms. The monoisotopic (exact) mass is 704 g/mol. The summed E-state index contributed by atoms with van der Waals surface area (Å²) in [5.41, 5.74) is 0. The summed E-state index contributed by atoms with van der Waals surface area (Å²) in [5, 5.41) is 18.2. The van der Waals surface area contributed by atoms with Gasteiger partial charge in [-0.25, -0.2) is 4.57 Å². The van der Waals surface area contributed by atoms with Gasteiger partial charge in [-0.2, -0.15) is 0 Å². The lowest BCUT2D eigenvalue weighted by atomic mass is 10.1. The molecule has 3 N–H and O–H groups in total. The number of aliphatic hydroxyl groups is 2. The largest absolute Gasteiger partial charge is 0.472 e. The molecule has 0 rings (SSSR count). The van der Waals surface area contributed by atoms with Crippen molar-refractivity contribution in [2.75, 3.05) is 26.4 Å². The number of phosphoric ester groups is 1. The first kappa shape index (κ1) is 46.5. The number of ether oxygens (including phenoxy) is 2. The van der Waals surface area contributed by atoms with Gasteiger partial charge >= 0.3 is 19.8 Å². The first-order valence-electron chi connectivity index (χ1n) is 18.8. The third kappa shape index (κ3) is 33.0. The Balaban J connectivity index is 4.41. The molecule has 0 aliphatic carbocycles. The molecule has 0 amide bonds. The molecule has 0 bridgehead atoms. The van der Waals surface area contributed by atoms with Crippen molar-refractivity contribution in [3.8, 4) is 0 Å². The standard InChI is InChI=1S/C37H69O10P/c1-3-5-7-9-11-13-15-17-19-21-23-25-27-29-37(41)47-35(33-46-48(42,43)45-31-34(39)30-38)32-44-36(40)28-26-24-22-20-18-16-14-12-10-8-6-4-2/h12-15,34-35,38-39H,3-11,16-33H2,1-2H3,(H,42,43)/b14-12-,15-13-. The molecule has 0 saturated carbocycles. The number of hydrogen-bond donors (Lipinski definition) is 3. The van der Waals surface area contributed by atoms with Crippen LogP contribution in [0, 0.1) is 0 Å². The molecular weight excluding hydrogens is 635 g/mol. The molecule has 3 atom stereocenters. The Hall–Kier alpha value is -1.55. The summed E-state index contributed by atoms with van der Waals surface area (Å²) >= 11 is 0. The van der Waals surface area contributed by atoms with Crippen LogP contribution in [0.1, 0.15) is 162 Å². The fraction of sp³-hybridized carbons (Fsp3) is 0.838. The van der Waals surface area contributed by atoms with Crippen LogP contribution in [0.15, 0.2) is 24.3 Å². The van der Waals surface area contributed by atoms with E-state index in [4.69, 9.17) is 19.1 Å². The Labute approximate surface area is 291 Å². The topological polar surface area (TPSA) is 149 Å². The quantitative estimate of drug-likeness (QED) is 0.0252. The van der Waals surface area contributed by atoms with Gasteiger partial charge in [-0.1, -0.05) is 109 Å². The first-order valence-corrected chi connectivity index (χ1v) is 20.3. The van der Waals surface area contributed by atoms with Crippen LogP contribution in [0.4, 0.5) is 0 Å². The number of phosphoric acid groups is 1. The zero-order valence-electron chi connectivity index (χ0n) is 30.2. The molecule has 3 unspecified atom stereocenters. The van der Waals surface area contributed by atoms with Crippen LogP contribution in [-0.2, 0) is 32.7 Å². The molecule has 282 valence electrons. The van der Waals surface area contributed by atoms with Crippen molar-refractivity contribution in [2.24, 2.45) is 0 Å². The van der Waals surface area contributed by atoms with Crippen LogP contribution < -0.4 is 0 Å². The predicted molar refractivity (Wildman–Crippen MR) is 191 cm³/mol. The maximum absolute atomic E-state index is 12.5. The van der Waals surface area contributed by atoms with Gasteiger partial charge in [0, 0.05) is 12.8 Å². The Morgan fingerprint density at radius 2 is 1.02 bits per heavy atom. The van der Waals surface area contributed by atoms with E-state index in [9.17, 15) is 24.2 Å². The number of carbonyl (C=O) groups is 2. The van der Waals surface area contributed by atoms with Crippen LogP contribution in [0.3, 0.4) is 0 Å². The van der Waals surface area contributed by atoms with Crippen molar-refractivity contribution in [1.82, 2.24) is 0 Å². The Bertz CT molecular complexity index is 863. The lowest BCUT2D eigenvalue weighted by Crippen LogP contribution is -2.29. The number of esters is 2. The second-order valence-electron chi connectivity index (χ2n) is 12.6. The molecule has 0 aromatic rings. The minimum absolute atomic E-state index is 0.173. The molecule has 0 fully saturated rings. The third-order valence-corrected chi connectivity index (χ3v) is 8.78. The van der Waals surface area contributed by atoms with Crippen molar-refractivity contribution in [3.63, 3.8) is 0 Å². The number of unbranched alkanes of at least 4 members (excludes halogenated alkanes) is 17. The second-order valence-corrected chi connectivity index (χ2v) is 14.0. The van der Waals surface area contributed by atoms with E-state index in [1.165, 1.54) is 44.9 Å². The molecule has 48 heavy (non-hydrogen) atoms. The number of allylic oxidation sites excluding steroid dienone is 4. The molecule has 0 heterocycles. The molecule has 0 aliphatic rings. The predicted octanol–water partition coefficient (Wildman–Crippen LogP) is 9.05. The highest BCUT2D eigenvalue weighted by molar-refractivity contribution is 7.47. The summed E-state index contributed by atoms with van der Waals surface area (Å²) in [6.07, 6.45) is 30.0. The van der Waals surface area contributed by atoms with E-state index in [0.717, 1.165) is 77.0 Å². The lowest BCUT2D eigenvalue weighted by Gasteiger charge is -2.20. The van der Waals surface area contributed by atoms with Crippen LogP contribution in [0.25, 0.3) is 0 Å². The summed E-state index contributed by atoms with van der Waals surface area (Å²) in [7, 11) is -4.61. The molecule has 11 heteroatoms. The van der Waals surface area contributed by atoms with Crippen LogP contribution in [0.5, 0.6) is 0 Å². The number of hydrogen-bond acceptors (Lipinski definition) is 9. The lowest BCUT2D eigenvalue weighted by molar-refractivity contribution is -0.161. The van der Waals surface area contributed by atoms with E-state index in [-0.39, 0.29) is 19.4 Å². The number of aliphatic hydroxyl groups excluding tert-OH is 2.